The molecule has 3 rings (SSSR count). The summed E-state index contributed by atoms with van der Waals surface area (Å²) in [5.74, 6) is 0.290. The van der Waals surface area contributed by atoms with Gasteiger partial charge in [0.2, 0.25) is 0 Å². The topological polar surface area (TPSA) is 54.6 Å². The van der Waals surface area contributed by atoms with E-state index in [-0.39, 0.29) is 5.91 Å². The molecule has 23 heavy (non-hydrogen) atoms. The molecule has 0 fully saturated rings. The van der Waals surface area contributed by atoms with Gasteiger partial charge in [-0.05, 0) is 29.7 Å². The predicted molar refractivity (Wildman–Crippen MR) is 90.4 cm³/mol. The number of nitrogens with zero attached hydrogens (tertiary/aromatic N) is 1. The van der Waals surface area contributed by atoms with Crippen molar-refractivity contribution in [1.82, 2.24) is 5.43 Å². The average Bonchev–Trinajstić information content (AvgIpc) is 3.02. The van der Waals surface area contributed by atoms with Crippen molar-refractivity contribution in [2.75, 3.05) is 0 Å². The summed E-state index contributed by atoms with van der Waals surface area (Å²) in [7, 11) is 0. The number of aryl methyl sites for hydroxylation is 1. The van der Waals surface area contributed by atoms with Gasteiger partial charge in [0.05, 0.1) is 18.0 Å². The van der Waals surface area contributed by atoms with Crippen LogP contribution in [0.3, 0.4) is 0 Å². The van der Waals surface area contributed by atoms with Crippen molar-refractivity contribution in [1.29, 1.82) is 0 Å². The van der Waals surface area contributed by atoms with E-state index in [9.17, 15) is 4.79 Å². The van der Waals surface area contributed by atoms with Gasteiger partial charge in [-0.1, -0.05) is 54.6 Å². The maximum atomic E-state index is 11.9. The molecule has 4 heteroatoms. The normalized spacial score (nSPS) is 10.8. The summed E-state index contributed by atoms with van der Waals surface area (Å²) in [6.07, 6.45) is 3.10. The summed E-state index contributed by atoms with van der Waals surface area (Å²) >= 11 is 0. The van der Waals surface area contributed by atoms with E-state index in [1.807, 2.05) is 42.5 Å². The molecule has 0 atom stereocenters. The van der Waals surface area contributed by atoms with Crippen LogP contribution in [0.4, 0.5) is 0 Å². The Morgan fingerprint density at radius 2 is 1.70 bits per heavy atom. The Hall–Kier alpha value is -3.14. The van der Waals surface area contributed by atoms with Crippen molar-refractivity contribution in [2.24, 2.45) is 5.10 Å². The van der Waals surface area contributed by atoms with Gasteiger partial charge in [0, 0.05) is 0 Å². The van der Waals surface area contributed by atoms with Gasteiger partial charge in [0.1, 0.15) is 5.76 Å². The molecule has 0 radical (unpaired) electrons. The minimum atomic E-state index is -0.284. The van der Waals surface area contributed by atoms with E-state index in [1.54, 1.807) is 19.2 Å². The summed E-state index contributed by atoms with van der Waals surface area (Å²) in [4.78, 5) is 11.9. The van der Waals surface area contributed by atoms with E-state index in [0.717, 1.165) is 11.1 Å². The Morgan fingerprint density at radius 1 is 1.00 bits per heavy atom. The second-order valence-electron chi connectivity index (χ2n) is 5.08. The van der Waals surface area contributed by atoms with E-state index in [2.05, 4.69) is 22.7 Å². The maximum Gasteiger partial charge on any atom is 0.274 e. The Labute approximate surface area is 134 Å². The second kappa shape index (κ2) is 6.75. The van der Waals surface area contributed by atoms with Crippen molar-refractivity contribution in [3.05, 3.63) is 83.8 Å². The second-order valence-corrected chi connectivity index (χ2v) is 5.08. The minimum absolute atomic E-state index is 0.284. The summed E-state index contributed by atoms with van der Waals surface area (Å²) in [5, 5.41) is 3.97. The molecule has 1 heterocycles. The lowest BCUT2D eigenvalue weighted by molar-refractivity contribution is 0.0953. The molecule has 1 amide bonds. The fourth-order valence-electron chi connectivity index (χ4n) is 2.24. The first kappa shape index (κ1) is 14.8. The Morgan fingerprint density at radius 3 is 2.35 bits per heavy atom. The Kier molecular flexibility index (Phi) is 4.34. The molecule has 0 spiro atoms. The molecule has 1 N–H and O–H groups in total. The number of hydrogen-bond acceptors (Lipinski definition) is 3. The van der Waals surface area contributed by atoms with Crippen LogP contribution < -0.4 is 5.43 Å². The first-order valence-corrected chi connectivity index (χ1v) is 7.27. The van der Waals surface area contributed by atoms with Crippen LogP contribution in [0.2, 0.25) is 0 Å². The minimum Gasteiger partial charge on any atom is -0.469 e. The number of rotatable bonds is 4. The van der Waals surface area contributed by atoms with Crippen LogP contribution in [0.25, 0.3) is 11.1 Å². The van der Waals surface area contributed by atoms with Gasteiger partial charge in [-0.25, -0.2) is 5.43 Å². The lowest BCUT2D eigenvalue weighted by Crippen LogP contribution is -2.17. The monoisotopic (exact) mass is 304 g/mol. The van der Waals surface area contributed by atoms with Crippen LogP contribution in [-0.2, 0) is 0 Å². The number of nitrogens with one attached hydrogen (secondary N) is 1. The molecule has 4 nitrogen and oxygen atoms in total. The van der Waals surface area contributed by atoms with Crippen molar-refractivity contribution in [2.45, 2.75) is 6.92 Å². The number of benzene rings is 2. The van der Waals surface area contributed by atoms with Crippen LogP contribution in [0.15, 0.2) is 76.4 Å². The summed E-state index contributed by atoms with van der Waals surface area (Å²) in [6.45, 7) is 1.74. The van der Waals surface area contributed by atoms with Crippen molar-refractivity contribution >= 4 is 12.1 Å². The first-order chi connectivity index (χ1) is 11.2. The SMILES string of the molecule is Cc1occc1C(=O)N/N=C\c1ccc(-c2ccccc2)cc1. The number of carbonyl (C=O) groups excluding carboxylic acids is 1. The smallest absolute Gasteiger partial charge is 0.274 e. The third-order valence-corrected chi connectivity index (χ3v) is 3.50. The number of hydrogen-bond donors (Lipinski definition) is 1. The number of furan rings is 1. The van der Waals surface area contributed by atoms with Gasteiger partial charge in [-0.3, -0.25) is 4.79 Å². The highest BCUT2D eigenvalue weighted by atomic mass is 16.3. The molecule has 114 valence electrons. The fraction of sp³-hybridized carbons (Fsp3) is 0.0526. The highest BCUT2D eigenvalue weighted by Crippen LogP contribution is 2.18. The lowest BCUT2D eigenvalue weighted by Gasteiger charge is -2.02. The molecular formula is C19H16N2O2. The number of carbonyl (C=O) groups is 1. The average molecular weight is 304 g/mol. The van der Waals surface area contributed by atoms with Crippen molar-refractivity contribution in [3.8, 4) is 11.1 Å². The third-order valence-electron chi connectivity index (χ3n) is 3.50. The van der Waals surface area contributed by atoms with E-state index in [0.29, 0.717) is 11.3 Å². The Balaban J connectivity index is 1.64. The summed E-state index contributed by atoms with van der Waals surface area (Å²) < 4.78 is 5.09. The molecule has 0 aliphatic carbocycles. The standard InChI is InChI=1S/C19H16N2O2/c1-14-18(11-12-23-14)19(22)21-20-13-15-7-9-17(10-8-15)16-5-3-2-4-6-16/h2-13H,1H3,(H,21,22)/b20-13-. The fourth-order valence-corrected chi connectivity index (χ4v) is 2.24. The van der Waals surface area contributed by atoms with Crippen molar-refractivity contribution in [3.63, 3.8) is 0 Å². The highest BCUT2D eigenvalue weighted by Gasteiger charge is 2.09. The molecule has 0 aliphatic heterocycles. The zero-order valence-electron chi connectivity index (χ0n) is 12.7. The van der Waals surface area contributed by atoms with Gasteiger partial charge in [0.25, 0.3) is 5.91 Å². The molecule has 0 saturated carbocycles. The highest BCUT2D eigenvalue weighted by molar-refractivity contribution is 5.95. The molecule has 2 aromatic carbocycles. The molecule has 0 unspecified atom stereocenters. The molecule has 0 aliphatic rings. The third kappa shape index (κ3) is 3.55. The number of amides is 1. The number of hydrazone groups is 1. The molecule has 0 saturated heterocycles. The molecule has 0 bridgehead atoms. The van der Waals surface area contributed by atoms with Crippen LogP contribution in [-0.4, -0.2) is 12.1 Å². The summed E-state index contributed by atoms with van der Waals surface area (Å²) in [6, 6.07) is 19.7. The first-order valence-electron chi connectivity index (χ1n) is 7.27. The quantitative estimate of drug-likeness (QED) is 0.584. The lowest BCUT2D eigenvalue weighted by atomic mass is 10.0. The van der Waals surface area contributed by atoms with Gasteiger partial charge in [0.15, 0.2) is 0 Å². The van der Waals surface area contributed by atoms with Gasteiger partial charge in [-0.2, -0.15) is 5.10 Å². The maximum absolute atomic E-state index is 11.9. The largest absolute Gasteiger partial charge is 0.469 e. The van der Waals surface area contributed by atoms with Crippen LogP contribution in [0.5, 0.6) is 0 Å². The Bertz CT molecular complexity index is 818. The van der Waals surface area contributed by atoms with Crippen LogP contribution in [0, 0.1) is 6.92 Å². The van der Waals surface area contributed by atoms with Gasteiger partial charge < -0.3 is 4.42 Å². The van der Waals surface area contributed by atoms with Gasteiger partial charge in [-0.15, -0.1) is 0 Å². The van der Waals surface area contributed by atoms with E-state index in [1.165, 1.54) is 11.8 Å². The summed E-state index contributed by atoms with van der Waals surface area (Å²) in [5.41, 5.74) is 6.20. The van der Waals surface area contributed by atoms with E-state index in [4.69, 9.17) is 4.42 Å². The zero-order valence-corrected chi connectivity index (χ0v) is 12.7. The molecule has 1 aromatic heterocycles. The zero-order chi connectivity index (χ0) is 16.1. The van der Waals surface area contributed by atoms with Gasteiger partial charge >= 0.3 is 0 Å². The van der Waals surface area contributed by atoms with Crippen LogP contribution in [0.1, 0.15) is 21.7 Å². The molecule has 3 aromatic rings. The van der Waals surface area contributed by atoms with Crippen LogP contribution >= 0.6 is 0 Å². The van der Waals surface area contributed by atoms with E-state index >= 15 is 0 Å². The predicted octanol–water partition coefficient (Wildman–Crippen LogP) is 4.02. The van der Waals surface area contributed by atoms with E-state index < -0.39 is 0 Å². The molecular weight excluding hydrogens is 288 g/mol. The van der Waals surface area contributed by atoms with Crippen molar-refractivity contribution < 1.29 is 9.21 Å².